The number of rotatable bonds is 6. The SMILES string of the molecule is CN=C(NCCc1nccn1Cc1ccccc1)N1CCC(C(=O)OC)CC1.I. The number of guanidine groups is 1. The number of imidazole rings is 1. The van der Waals surface area contributed by atoms with E-state index >= 15 is 0 Å². The molecule has 3 rings (SSSR count). The number of halogens is 1. The molecule has 1 saturated heterocycles. The average molecular weight is 511 g/mol. The predicted octanol–water partition coefficient (Wildman–Crippen LogP) is 2.55. The van der Waals surface area contributed by atoms with Crippen molar-refractivity contribution in [1.82, 2.24) is 19.8 Å². The zero-order chi connectivity index (χ0) is 19.8. The third kappa shape index (κ3) is 6.45. The summed E-state index contributed by atoms with van der Waals surface area (Å²) in [5, 5.41) is 3.43. The molecular formula is C21H30IN5O2. The van der Waals surface area contributed by atoms with Gasteiger partial charge in [0.1, 0.15) is 5.82 Å². The van der Waals surface area contributed by atoms with Crippen molar-refractivity contribution >= 4 is 35.9 Å². The third-order valence-electron chi connectivity index (χ3n) is 5.17. The predicted molar refractivity (Wildman–Crippen MR) is 125 cm³/mol. The quantitative estimate of drug-likeness (QED) is 0.280. The van der Waals surface area contributed by atoms with Crippen molar-refractivity contribution in [3.8, 4) is 0 Å². The number of hydrogen-bond acceptors (Lipinski definition) is 4. The van der Waals surface area contributed by atoms with Gasteiger partial charge < -0.3 is 19.5 Å². The van der Waals surface area contributed by atoms with E-state index in [-0.39, 0.29) is 35.9 Å². The summed E-state index contributed by atoms with van der Waals surface area (Å²) in [6, 6.07) is 10.4. The van der Waals surface area contributed by atoms with Crippen LogP contribution in [-0.2, 0) is 22.5 Å². The highest BCUT2D eigenvalue weighted by molar-refractivity contribution is 14.0. The van der Waals surface area contributed by atoms with Gasteiger partial charge in [0, 0.05) is 52.0 Å². The van der Waals surface area contributed by atoms with Crippen LogP contribution in [0.1, 0.15) is 24.2 Å². The lowest BCUT2D eigenvalue weighted by molar-refractivity contribution is -0.146. The number of methoxy groups -OCH3 is 1. The lowest BCUT2D eigenvalue weighted by Crippen LogP contribution is -2.47. The largest absolute Gasteiger partial charge is 0.469 e. The Morgan fingerprint density at radius 2 is 2.00 bits per heavy atom. The van der Waals surface area contributed by atoms with E-state index in [1.807, 2.05) is 18.5 Å². The van der Waals surface area contributed by atoms with Crippen LogP contribution in [0.5, 0.6) is 0 Å². The maximum atomic E-state index is 11.7. The summed E-state index contributed by atoms with van der Waals surface area (Å²) in [5.41, 5.74) is 1.26. The van der Waals surface area contributed by atoms with Gasteiger partial charge in [-0.05, 0) is 18.4 Å². The number of aliphatic imine (C=N–C) groups is 1. The molecule has 0 aliphatic carbocycles. The fourth-order valence-corrected chi connectivity index (χ4v) is 3.60. The first-order chi connectivity index (χ1) is 13.7. The van der Waals surface area contributed by atoms with Crippen LogP contribution in [-0.4, -0.2) is 60.2 Å². The van der Waals surface area contributed by atoms with Gasteiger partial charge in [-0.2, -0.15) is 0 Å². The number of ether oxygens (including phenoxy) is 1. The smallest absolute Gasteiger partial charge is 0.308 e. The highest BCUT2D eigenvalue weighted by Crippen LogP contribution is 2.18. The number of benzene rings is 1. The van der Waals surface area contributed by atoms with Crippen molar-refractivity contribution in [2.45, 2.75) is 25.8 Å². The van der Waals surface area contributed by atoms with E-state index in [1.54, 1.807) is 7.05 Å². The van der Waals surface area contributed by atoms with Crippen molar-refractivity contribution in [2.24, 2.45) is 10.9 Å². The van der Waals surface area contributed by atoms with E-state index in [2.05, 4.69) is 49.0 Å². The van der Waals surface area contributed by atoms with E-state index in [0.29, 0.717) is 0 Å². The molecule has 2 heterocycles. The first-order valence-corrected chi connectivity index (χ1v) is 9.78. The molecule has 0 atom stereocenters. The van der Waals surface area contributed by atoms with Crippen molar-refractivity contribution in [3.05, 3.63) is 54.1 Å². The summed E-state index contributed by atoms with van der Waals surface area (Å²) in [4.78, 5) is 22.8. The van der Waals surface area contributed by atoms with Gasteiger partial charge in [0.15, 0.2) is 5.96 Å². The molecule has 1 aromatic carbocycles. The van der Waals surface area contributed by atoms with Gasteiger partial charge in [0.2, 0.25) is 0 Å². The molecule has 0 radical (unpaired) electrons. The lowest BCUT2D eigenvalue weighted by Gasteiger charge is -2.33. The molecule has 8 heteroatoms. The summed E-state index contributed by atoms with van der Waals surface area (Å²) in [7, 11) is 3.25. The van der Waals surface area contributed by atoms with Crippen LogP contribution in [0.4, 0.5) is 0 Å². The number of esters is 1. The van der Waals surface area contributed by atoms with Gasteiger partial charge in [0.05, 0.1) is 13.0 Å². The molecule has 1 aromatic heterocycles. The van der Waals surface area contributed by atoms with Crippen LogP contribution in [0, 0.1) is 5.92 Å². The second kappa shape index (κ2) is 11.8. The number of carbonyl (C=O) groups is 1. The topological polar surface area (TPSA) is 71.8 Å². The number of nitrogens with one attached hydrogen (secondary N) is 1. The van der Waals surface area contributed by atoms with E-state index in [0.717, 1.165) is 57.2 Å². The van der Waals surface area contributed by atoms with Crippen LogP contribution in [0.15, 0.2) is 47.7 Å². The Morgan fingerprint density at radius 1 is 1.28 bits per heavy atom. The van der Waals surface area contributed by atoms with Crippen LogP contribution in [0.25, 0.3) is 0 Å². The van der Waals surface area contributed by atoms with Gasteiger partial charge in [-0.3, -0.25) is 9.79 Å². The molecule has 0 spiro atoms. The number of nitrogens with zero attached hydrogens (tertiary/aromatic N) is 4. The van der Waals surface area contributed by atoms with Crippen molar-refractivity contribution in [3.63, 3.8) is 0 Å². The van der Waals surface area contributed by atoms with E-state index < -0.39 is 0 Å². The third-order valence-corrected chi connectivity index (χ3v) is 5.17. The molecule has 29 heavy (non-hydrogen) atoms. The normalized spacial score (nSPS) is 15.0. The molecule has 1 N–H and O–H groups in total. The van der Waals surface area contributed by atoms with Gasteiger partial charge in [-0.25, -0.2) is 4.98 Å². The Hall–Kier alpha value is -2.10. The number of piperidine rings is 1. The van der Waals surface area contributed by atoms with E-state index in [9.17, 15) is 4.79 Å². The fraction of sp³-hybridized carbons (Fsp3) is 0.476. The average Bonchev–Trinajstić information content (AvgIpc) is 3.18. The lowest BCUT2D eigenvalue weighted by atomic mass is 9.97. The van der Waals surface area contributed by atoms with Gasteiger partial charge >= 0.3 is 5.97 Å². The van der Waals surface area contributed by atoms with Crippen LogP contribution < -0.4 is 5.32 Å². The molecular weight excluding hydrogens is 481 g/mol. The summed E-state index contributed by atoms with van der Waals surface area (Å²) < 4.78 is 7.04. The maximum absolute atomic E-state index is 11.7. The van der Waals surface area contributed by atoms with Gasteiger partial charge in [0.25, 0.3) is 0 Å². The molecule has 0 saturated carbocycles. The van der Waals surface area contributed by atoms with Gasteiger partial charge in [-0.1, -0.05) is 30.3 Å². The summed E-state index contributed by atoms with van der Waals surface area (Å²) >= 11 is 0. The zero-order valence-electron chi connectivity index (χ0n) is 17.1. The van der Waals surface area contributed by atoms with Crippen LogP contribution in [0.2, 0.25) is 0 Å². The first-order valence-electron chi connectivity index (χ1n) is 9.78. The second-order valence-corrected chi connectivity index (χ2v) is 6.97. The summed E-state index contributed by atoms with van der Waals surface area (Å²) in [6.07, 6.45) is 6.29. The van der Waals surface area contributed by atoms with E-state index in [4.69, 9.17) is 4.74 Å². The van der Waals surface area contributed by atoms with Crippen molar-refractivity contribution in [1.29, 1.82) is 0 Å². The summed E-state index contributed by atoms with van der Waals surface area (Å²) in [6.45, 7) is 3.20. The molecule has 2 aromatic rings. The number of aromatic nitrogens is 2. The Morgan fingerprint density at radius 3 is 2.66 bits per heavy atom. The molecule has 1 aliphatic heterocycles. The first kappa shape index (κ1) is 23.2. The summed E-state index contributed by atoms with van der Waals surface area (Å²) in [5.74, 6) is 1.83. The van der Waals surface area contributed by atoms with Gasteiger partial charge in [-0.15, -0.1) is 24.0 Å². The molecule has 0 amide bonds. The molecule has 0 unspecified atom stereocenters. The Balaban J connectivity index is 0.00000300. The molecule has 7 nitrogen and oxygen atoms in total. The minimum absolute atomic E-state index is 0. The minimum atomic E-state index is -0.104. The second-order valence-electron chi connectivity index (χ2n) is 6.97. The monoisotopic (exact) mass is 511 g/mol. The fourth-order valence-electron chi connectivity index (χ4n) is 3.60. The van der Waals surface area contributed by atoms with Crippen molar-refractivity contribution in [2.75, 3.05) is 33.8 Å². The Bertz CT molecular complexity index is 785. The standard InChI is InChI=1S/C21H29N5O2.HI/c1-22-21(25-13-9-18(10-14-25)20(27)28-2)24-11-8-19-23-12-15-26(19)16-17-6-4-3-5-7-17;/h3-7,12,15,18H,8-11,13-14,16H2,1-2H3,(H,22,24);1H. The molecule has 0 bridgehead atoms. The highest BCUT2D eigenvalue weighted by atomic mass is 127. The Kier molecular flexibility index (Phi) is 9.43. The molecule has 1 aliphatic rings. The number of hydrogen-bond donors (Lipinski definition) is 1. The van der Waals surface area contributed by atoms with E-state index in [1.165, 1.54) is 12.7 Å². The maximum Gasteiger partial charge on any atom is 0.308 e. The number of carbonyl (C=O) groups excluding carboxylic acids is 1. The number of likely N-dealkylation sites (tertiary alicyclic amines) is 1. The zero-order valence-corrected chi connectivity index (χ0v) is 19.4. The molecule has 1 fully saturated rings. The van der Waals surface area contributed by atoms with Crippen molar-refractivity contribution < 1.29 is 9.53 Å². The Labute approximate surface area is 189 Å². The van der Waals surface area contributed by atoms with Crippen LogP contribution >= 0.6 is 24.0 Å². The van der Waals surface area contributed by atoms with Crippen LogP contribution in [0.3, 0.4) is 0 Å². The minimum Gasteiger partial charge on any atom is -0.469 e. The molecule has 158 valence electrons. The highest BCUT2D eigenvalue weighted by Gasteiger charge is 2.26.